The summed E-state index contributed by atoms with van der Waals surface area (Å²) in [4.78, 5) is 4.46. The largest absolute Gasteiger partial charge is 0.265 e. The van der Waals surface area contributed by atoms with Crippen LogP contribution in [0.15, 0.2) is 53.7 Å². The normalized spacial score (nSPS) is 12.3. The van der Waals surface area contributed by atoms with Gasteiger partial charge in [0.05, 0.1) is 10.8 Å². The average Bonchev–Trinajstić information content (AvgIpc) is 2.37. The lowest BCUT2D eigenvalue weighted by Crippen LogP contribution is -2.02. The molecular weight excluding hydrogens is 237 g/mol. The lowest BCUT2D eigenvalue weighted by molar-refractivity contribution is 0.622. The monoisotopic (exact) mass is 249 g/mol. The van der Waals surface area contributed by atoms with Crippen molar-refractivity contribution in [2.45, 2.75) is 11.3 Å². The number of nitrogens with zero attached hydrogens (tertiary/aromatic N) is 1. The molecule has 0 spiro atoms. The van der Waals surface area contributed by atoms with Crippen LogP contribution in [0.25, 0.3) is 0 Å². The second-order valence-electron chi connectivity index (χ2n) is 3.61. The Hall–Kier alpha value is -1.55. The highest BCUT2D eigenvalue weighted by Gasteiger charge is 2.05. The van der Waals surface area contributed by atoms with Crippen molar-refractivity contribution in [2.75, 3.05) is 5.75 Å². The Bertz CT molecular complexity index is 516. The third-order valence-corrected chi connectivity index (χ3v) is 3.74. The van der Waals surface area contributed by atoms with E-state index < -0.39 is 10.8 Å². The second kappa shape index (κ2) is 5.68. The molecular formula is C13H12FNOS. The van der Waals surface area contributed by atoms with Gasteiger partial charge in [-0.25, -0.2) is 4.39 Å². The lowest BCUT2D eigenvalue weighted by Gasteiger charge is -2.02. The van der Waals surface area contributed by atoms with E-state index in [4.69, 9.17) is 0 Å². The van der Waals surface area contributed by atoms with Crippen LogP contribution in [0.2, 0.25) is 0 Å². The van der Waals surface area contributed by atoms with Gasteiger partial charge in [-0.2, -0.15) is 0 Å². The lowest BCUT2D eigenvalue weighted by atomic mass is 10.2. The smallest absolute Gasteiger partial charge is 0.124 e. The van der Waals surface area contributed by atoms with Gasteiger partial charge in [0.25, 0.3) is 0 Å². The standard InChI is InChI=1S/C13H12FNOS/c14-12-2-1-3-13(10-12)17(16)9-6-11-4-7-15-8-5-11/h1-5,7-8,10H,6,9H2. The average molecular weight is 249 g/mol. The molecule has 0 radical (unpaired) electrons. The fourth-order valence-corrected chi connectivity index (χ4v) is 2.62. The molecule has 0 aliphatic carbocycles. The molecule has 1 aromatic carbocycles. The first kappa shape index (κ1) is 11.9. The van der Waals surface area contributed by atoms with E-state index >= 15 is 0 Å². The van der Waals surface area contributed by atoms with Gasteiger partial charge < -0.3 is 0 Å². The summed E-state index contributed by atoms with van der Waals surface area (Å²) in [6.45, 7) is 0. The van der Waals surface area contributed by atoms with Gasteiger partial charge in [0.2, 0.25) is 0 Å². The van der Waals surface area contributed by atoms with E-state index in [9.17, 15) is 8.60 Å². The molecule has 1 unspecified atom stereocenters. The van der Waals surface area contributed by atoms with Crippen LogP contribution in [-0.2, 0) is 17.2 Å². The van der Waals surface area contributed by atoms with Crippen LogP contribution >= 0.6 is 0 Å². The van der Waals surface area contributed by atoms with Crippen molar-refractivity contribution in [1.29, 1.82) is 0 Å². The summed E-state index contributed by atoms with van der Waals surface area (Å²) in [7, 11) is -1.15. The van der Waals surface area contributed by atoms with E-state index in [1.165, 1.54) is 12.1 Å². The number of rotatable bonds is 4. The van der Waals surface area contributed by atoms with Crippen molar-refractivity contribution >= 4 is 10.8 Å². The molecule has 2 aromatic rings. The van der Waals surface area contributed by atoms with Crippen LogP contribution in [0.4, 0.5) is 4.39 Å². The summed E-state index contributed by atoms with van der Waals surface area (Å²) in [5, 5.41) is 0. The Morgan fingerprint density at radius 1 is 1.18 bits per heavy atom. The molecule has 4 heteroatoms. The van der Waals surface area contributed by atoms with Crippen LogP contribution in [-0.4, -0.2) is 14.9 Å². The summed E-state index contributed by atoms with van der Waals surface area (Å²) in [6.07, 6.45) is 4.12. The number of aryl methyl sites for hydroxylation is 1. The summed E-state index contributed by atoms with van der Waals surface area (Å²) in [5.41, 5.74) is 1.09. The molecule has 1 atom stereocenters. The number of aromatic nitrogens is 1. The third kappa shape index (κ3) is 3.46. The number of hydrogen-bond donors (Lipinski definition) is 0. The number of benzene rings is 1. The maximum Gasteiger partial charge on any atom is 0.124 e. The molecule has 17 heavy (non-hydrogen) atoms. The van der Waals surface area contributed by atoms with Crippen LogP contribution in [0.5, 0.6) is 0 Å². The first-order valence-electron chi connectivity index (χ1n) is 5.28. The Balaban J connectivity index is 1.98. The second-order valence-corrected chi connectivity index (χ2v) is 5.18. The molecule has 88 valence electrons. The minimum absolute atomic E-state index is 0.347. The summed E-state index contributed by atoms with van der Waals surface area (Å²) in [6, 6.07) is 9.72. The molecule has 0 saturated carbocycles. The van der Waals surface area contributed by atoms with Gasteiger partial charge in [0.1, 0.15) is 5.82 Å². The summed E-state index contributed by atoms with van der Waals surface area (Å²) < 4.78 is 24.8. The zero-order valence-electron chi connectivity index (χ0n) is 9.17. The molecule has 2 nitrogen and oxygen atoms in total. The van der Waals surface area contributed by atoms with Gasteiger partial charge in [-0.3, -0.25) is 9.19 Å². The molecule has 2 rings (SSSR count). The van der Waals surface area contributed by atoms with Crippen molar-refractivity contribution in [2.24, 2.45) is 0 Å². The van der Waals surface area contributed by atoms with Gasteiger partial charge in [-0.15, -0.1) is 0 Å². The van der Waals surface area contributed by atoms with Gasteiger partial charge in [0, 0.05) is 23.0 Å². The molecule has 0 fully saturated rings. The van der Waals surface area contributed by atoms with E-state index in [0.29, 0.717) is 17.1 Å². The predicted octanol–water partition coefficient (Wildman–Crippen LogP) is 2.57. The fraction of sp³-hybridized carbons (Fsp3) is 0.154. The Labute approximate surface area is 102 Å². The minimum Gasteiger partial charge on any atom is -0.265 e. The van der Waals surface area contributed by atoms with Crippen molar-refractivity contribution in [3.63, 3.8) is 0 Å². The quantitative estimate of drug-likeness (QED) is 0.833. The molecule has 1 aromatic heterocycles. The zero-order valence-corrected chi connectivity index (χ0v) is 9.99. The predicted molar refractivity (Wildman–Crippen MR) is 65.6 cm³/mol. The Kier molecular flexibility index (Phi) is 3.98. The van der Waals surface area contributed by atoms with Crippen molar-refractivity contribution < 1.29 is 8.60 Å². The molecule has 1 heterocycles. The molecule has 0 N–H and O–H groups in total. The van der Waals surface area contributed by atoms with Crippen LogP contribution in [0.3, 0.4) is 0 Å². The highest BCUT2D eigenvalue weighted by atomic mass is 32.2. The van der Waals surface area contributed by atoms with Gasteiger partial charge in [-0.1, -0.05) is 6.07 Å². The van der Waals surface area contributed by atoms with Crippen molar-refractivity contribution in [1.82, 2.24) is 4.98 Å². The molecule has 0 aliphatic rings. The van der Waals surface area contributed by atoms with Crippen molar-refractivity contribution in [3.05, 3.63) is 60.2 Å². The van der Waals surface area contributed by atoms with Crippen molar-refractivity contribution in [3.8, 4) is 0 Å². The van der Waals surface area contributed by atoms with E-state index in [1.54, 1.807) is 24.5 Å². The van der Waals surface area contributed by atoms with Gasteiger partial charge in [-0.05, 0) is 42.3 Å². The van der Waals surface area contributed by atoms with E-state index in [1.807, 2.05) is 12.1 Å². The molecule has 0 saturated heterocycles. The minimum atomic E-state index is -1.15. The number of hydrogen-bond acceptors (Lipinski definition) is 2. The maximum absolute atomic E-state index is 12.9. The summed E-state index contributed by atoms with van der Waals surface area (Å²) in [5.74, 6) is 0.146. The highest BCUT2D eigenvalue weighted by Crippen LogP contribution is 2.10. The van der Waals surface area contributed by atoms with E-state index in [0.717, 1.165) is 5.56 Å². The molecule has 0 bridgehead atoms. The first-order chi connectivity index (χ1) is 8.25. The zero-order chi connectivity index (χ0) is 12.1. The van der Waals surface area contributed by atoms with Crippen LogP contribution in [0, 0.1) is 5.82 Å². The SMILES string of the molecule is O=S(CCc1ccncc1)c1cccc(F)c1. The highest BCUT2D eigenvalue weighted by molar-refractivity contribution is 7.85. The van der Waals surface area contributed by atoms with E-state index in [-0.39, 0.29) is 5.82 Å². The van der Waals surface area contributed by atoms with Crippen LogP contribution in [0.1, 0.15) is 5.56 Å². The van der Waals surface area contributed by atoms with Gasteiger partial charge >= 0.3 is 0 Å². The first-order valence-corrected chi connectivity index (χ1v) is 6.60. The number of halogens is 1. The van der Waals surface area contributed by atoms with Crippen LogP contribution < -0.4 is 0 Å². The Morgan fingerprint density at radius 2 is 1.94 bits per heavy atom. The third-order valence-electron chi connectivity index (χ3n) is 2.38. The topological polar surface area (TPSA) is 30.0 Å². The fourth-order valence-electron chi connectivity index (χ4n) is 1.49. The maximum atomic E-state index is 12.9. The number of pyridine rings is 1. The van der Waals surface area contributed by atoms with Gasteiger partial charge in [0.15, 0.2) is 0 Å². The van der Waals surface area contributed by atoms with E-state index in [2.05, 4.69) is 4.98 Å². The summed E-state index contributed by atoms with van der Waals surface area (Å²) >= 11 is 0. The molecule has 0 amide bonds. The Morgan fingerprint density at radius 3 is 2.65 bits per heavy atom. The molecule has 0 aliphatic heterocycles.